The van der Waals surface area contributed by atoms with E-state index >= 15 is 0 Å². The average Bonchev–Trinajstić information content (AvgIpc) is 2.45. The molecule has 0 aliphatic carbocycles. The molecule has 2 atom stereocenters. The van der Waals surface area contributed by atoms with Crippen molar-refractivity contribution < 1.29 is 23.5 Å². The van der Waals surface area contributed by atoms with Gasteiger partial charge in [-0.3, -0.25) is 9.59 Å². The van der Waals surface area contributed by atoms with Crippen molar-refractivity contribution in [1.82, 2.24) is 4.90 Å². The van der Waals surface area contributed by atoms with Gasteiger partial charge in [0.05, 0.1) is 5.41 Å². The molecule has 7 heteroatoms. The molecule has 0 spiro atoms. The van der Waals surface area contributed by atoms with Gasteiger partial charge in [-0.05, 0) is 25.8 Å². The molecule has 1 saturated heterocycles. The Morgan fingerprint density at radius 1 is 1.41 bits per heavy atom. The van der Waals surface area contributed by atoms with Crippen molar-refractivity contribution in [2.24, 2.45) is 11.1 Å². The maximum Gasteiger partial charge on any atom is 0.311 e. The number of hydrogen-bond acceptors (Lipinski definition) is 3. The third-order valence-corrected chi connectivity index (χ3v) is 4.09. The number of nitrogens with zero attached hydrogens (tertiary/aromatic N) is 1. The van der Waals surface area contributed by atoms with Crippen LogP contribution in [0.2, 0.25) is 0 Å². The van der Waals surface area contributed by atoms with Gasteiger partial charge in [0.25, 0.3) is 0 Å². The second kappa shape index (κ2) is 6.00. The third kappa shape index (κ3) is 3.09. The van der Waals surface area contributed by atoms with Crippen molar-refractivity contribution >= 4 is 11.9 Å². The first-order chi connectivity index (χ1) is 10.2. The van der Waals surface area contributed by atoms with Crippen LogP contribution in [0.1, 0.15) is 31.4 Å². The Labute approximate surface area is 126 Å². The van der Waals surface area contributed by atoms with Gasteiger partial charge >= 0.3 is 5.97 Å². The SMILES string of the molecule is CC1(C(=O)O)CCCN(C(=O)C(N)c2ccc(F)cc2F)C1. The lowest BCUT2D eigenvalue weighted by molar-refractivity contribution is -0.153. The molecule has 0 aromatic heterocycles. The monoisotopic (exact) mass is 312 g/mol. The van der Waals surface area contributed by atoms with Crippen molar-refractivity contribution in [2.75, 3.05) is 13.1 Å². The van der Waals surface area contributed by atoms with E-state index in [2.05, 4.69) is 0 Å². The van der Waals surface area contributed by atoms with E-state index in [-0.39, 0.29) is 12.1 Å². The molecule has 1 aliphatic heterocycles. The fourth-order valence-corrected chi connectivity index (χ4v) is 2.69. The van der Waals surface area contributed by atoms with E-state index in [1.807, 2.05) is 0 Å². The number of carbonyl (C=O) groups excluding carboxylic acids is 1. The van der Waals surface area contributed by atoms with Gasteiger partial charge < -0.3 is 15.7 Å². The van der Waals surface area contributed by atoms with Gasteiger partial charge in [-0.2, -0.15) is 0 Å². The number of likely N-dealkylation sites (tertiary alicyclic amines) is 1. The van der Waals surface area contributed by atoms with Crippen molar-refractivity contribution in [2.45, 2.75) is 25.8 Å². The number of nitrogens with two attached hydrogens (primary N) is 1. The van der Waals surface area contributed by atoms with Crippen LogP contribution in [-0.4, -0.2) is 35.0 Å². The molecular weight excluding hydrogens is 294 g/mol. The molecule has 22 heavy (non-hydrogen) atoms. The van der Waals surface area contributed by atoms with Crippen molar-refractivity contribution in [1.29, 1.82) is 0 Å². The van der Waals surface area contributed by atoms with Gasteiger partial charge in [0.2, 0.25) is 5.91 Å². The number of hydrogen-bond donors (Lipinski definition) is 2. The summed E-state index contributed by atoms with van der Waals surface area (Å²) in [6.45, 7) is 1.97. The molecule has 2 rings (SSSR count). The number of rotatable bonds is 3. The van der Waals surface area contributed by atoms with Gasteiger partial charge in [-0.1, -0.05) is 6.07 Å². The van der Waals surface area contributed by atoms with Crippen LogP contribution >= 0.6 is 0 Å². The Hall–Kier alpha value is -2.02. The molecule has 1 heterocycles. The summed E-state index contributed by atoms with van der Waals surface area (Å²) in [6.07, 6.45) is 0.999. The fourth-order valence-electron chi connectivity index (χ4n) is 2.69. The molecule has 2 unspecified atom stereocenters. The molecule has 1 aliphatic rings. The zero-order valence-electron chi connectivity index (χ0n) is 12.2. The van der Waals surface area contributed by atoms with Crippen LogP contribution in [0.25, 0.3) is 0 Å². The highest BCUT2D eigenvalue weighted by atomic mass is 19.1. The van der Waals surface area contributed by atoms with Crippen molar-refractivity contribution in [3.05, 3.63) is 35.4 Å². The second-order valence-electron chi connectivity index (χ2n) is 5.87. The largest absolute Gasteiger partial charge is 0.481 e. The number of carboxylic acids is 1. The number of carboxylic acid groups (broad SMARTS) is 1. The number of amides is 1. The summed E-state index contributed by atoms with van der Waals surface area (Å²) in [6, 6.07) is 1.55. The van der Waals surface area contributed by atoms with E-state index in [4.69, 9.17) is 5.73 Å². The highest BCUT2D eigenvalue weighted by molar-refractivity contribution is 5.84. The molecule has 120 valence electrons. The quantitative estimate of drug-likeness (QED) is 0.889. The summed E-state index contributed by atoms with van der Waals surface area (Å²) in [5, 5.41) is 9.26. The lowest BCUT2D eigenvalue weighted by Crippen LogP contribution is -2.50. The number of halogens is 2. The minimum absolute atomic E-state index is 0.0255. The Morgan fingerprint density at radius 2 is 2.09 bits per heavy atom. The van der Waals surface area contributed by atoms with Crippen LogP contribution in [-0.2, 0) is 9.59 Å². The first kappa shape index (κ1) is 16.4. The normalized spacial score (nSPS) is 23.2. The molecular formula is C15H18F2N2O3. The minimum atomic E-state index is -1.28. The van der Waals surface area contributed by atoms with E-state index in [0.717, 1.165) is 12.1 Å². The van der Waals surface area contributed by atoms with Gasteiger partial charge in [0.1, 0.15) is 17.7 Å². The Kier molecular flexibility index (Phi) is 4.46. The van der Waals surface area contributed by atoms with E-state index < -0.39 is 35.0 Å². The smallest absolute Gasteiger partial charge is 0.311 e. The summed E-state index contributed by atoms with van der Waals surface area (Å²) < 4.78 is 26.6. The van der Waals surface area contributed by atoms with Crippen molar-refractivity contribution in [3.8, 4) is 0 Å². The lowest BCUT2D eigenvalue weighted by atomic mass is 9.81. The van der Waals surface area contributed by atoms with Crippen LogP contribution in [0.3, 0.4) is 0 Å². The number of benzene rings is 1. The molecule has 1 amide bonds. The average molecular weight is 312 g/mol. The van der Waals surface area contributed by atoms with Gasteiger partial charge in [0.15, 0.2) is 0 Å². The molecule has 1 aromatic rings. The first-order valence-electron chi connectivity index (χ1n) is 6.97. The van der Waals surface area contributed by atoms with Crippen LogP contribution < -0.4 is 5.73 Å². The Morgan fingerprint density at radius 3 is 2.68 bits per heavy atom. The van der Waals surface area contributed by atoms with Gasteiger partial charge in [-0.25, -0.2) is 8.78 Å². The predicted molar refractivity (Wildman–Crippen MR) is 74.8 cm³/mol. The number of aliphatic carboxylic acids is 1. The highest BCUT2D eigenvalue weighted by Gasteiger charge is 2.40. The number of piperidine rings is 1. The summed E-state index contributed by atoms with van der Waals surface area (Å²) in [7, 11) is 0. The molecule has 5 nitrogen and oxygen atoms in total. The topological polar surface area (TPSA) is 83.6 Å². The zero-order chi connectivity index (χ0) is 16.5. The molecule has 0 radical (unpaired) electrons. The van der Waals surface area contributed by atoms with E-state index in [9.17, 15) is 23.5 Å². The molecule has 0 saturated carbocycles. The third-order valence-electron chi connectivity index (χ3n) is 4.09. The van der Waals surface area contributed by atoms with Gasteiger partial charge in [0, 0.05) is 24.7 Å². The van der Waals surface area contributed by atoms with Crippen LogP contribution in [0.15, 0.2) is 18.2 Å². The highest BCUT2D eigenvalue weighted by Crippen LogP contribution is 2.31. The second-order valence-corrected chi connectivity index (χ2v) is 5.87. The number of carbonyl (C=O) groups is 2. The molecule has 3 N–H and O–H groups in total. The maximum atomic E-state index is 13.7. The predicted octanol–water partition coefficient (Wildman–Crippen LogP) is 1.68. The minimum Gasteiger partial charge on any atom is -0.481 e. The summed E-state index contributed by atoms with van der Waals surface area (Å²) in [4.78, 5) is 25.0. The summed E-state index contributed by atoms with van der Waals surface area (Å²) in [5.74, 6) is -3.18. The first-order valence-corrected chi connectivity index (χ1v) is 6.97. The molecule has 0 bridgehead atoms. The van der Waals surface area contributed by atoms with Crippen LogP contribution in [0.5, 0.6) is 0 Å². The van der Waals surface area contributed by atoms with Crippen molar-refractivity contribution in [3.63, 3.8) is 0 Å². The Balaban J connectivity index is 2.18. The van der Waals surface area contributed by atoms with Crippen LogP contribution in [0, 0.1) is 17.0 Å². The summed E-state index contributed by atoms with van der Waals surface area (Å²) in [5.41, 5.74) is 4.65. The standard InChI is InChI=1S/C15H18F2N2O3/c1-15(14(21)22)5-2-6-19(8-15)13(20)12(18)10-4-3-9(16)7-11(10)17/h3-4,7,12H,2,5-6,8,18H2,1H3,(H,21,22). The van der Waals surface area contributed by atoms with E-state index in [1.165, 1.54) is 4.90 Å². The van der Waals surface area contributed by atoms with E-state index in [0.29, 0.717) is 25.5 Å². The molecule has 1 fully saturated rings. The maximum absolute atomic E-state index is 13.7. The fraction of sp³-hybridized carbons (Fsp3) is 0.467. The Bertz CT molecular complexity index is 608. The lowest BCUT2D eigenvalue weighted by Gasteiger charge is -2.38. The zero-order valence-corrected chi connectivity index (χ0v) is 12.2. The molecule has 1 aromatic carbocycles. The van der Waals surface area contributed by atoms with E-state index in [1.54, 1.807) is 6.92 Å². The summed E-state index contributed by atoms with van der Waals surface area (Å²) >= 11 is 0. The van der Waals surface area contributed by atoms with Gasteiger partial charge in [-0.15, -0.1) is 0 Å². The van der Waals surface area contributed by atoms with Crippen LogP contribution in [0.4, 0.5) is 8.78 Å².